The van der Waals surface area contributed by atoms with Gasteiger partial charge in [0, 0.05) is 30.4 Å². The van der Waals surface area contributed by atoms with Crippen molar-refractivity contribution in [1.82, 2.24) is 9.97 Å². The molecule has 0 aliphatic carbocycles. The first-order valence-electron chi connectivity index (χ1n) is 6.66. The number of carbonyl (C=O) groups is 1. The number of hydrogen-bond donors (Lipinski definition) is 0. The third-order valence-corrected chi connectivity index (χ3v) is 3.47. The van der Waals surface area contributed by atoms with E-state index >= 15 is 0 Å². The molecule has 0 atom stereocenters. The summed E-state index contributed by atoms with van der Waals surface area (Å²) in [6.07, 6.45) is 2.91. The summed E-state index contributed by atoms with van der Waals surface area (Å²) in [5, 5.41) is 0. The predicted molar refractivity (Wildman–Crippen MR) is 71.9 cm³/mol. The molecule has 4 nitrogen and oxygen atoms in total. The summed E-state index contributed by atoms with van der Waals surface area (Å²) in [7, 11) is 0. The standard InChI is InChI=1S/C14H21N3O/c1-10(2)13-8-11(3)15-14(16-13)17-6-4-12(9-18)5-7-17/h8-10,12H,4-7H2,1-3H3. The Morgan fingerprint density at radius 3 is 2.56 bits per heavy atom. The number of rotatable bonds is 3. The van der Waals surface area contributed by atoms with Crippen LogP contribution < -0.4 is 4.90 Å². The number of aromatic nitrogens is 2. The Bertz CT molecular complexity index is 423. The molecule has 1 aliphatic rings. The van der Waals surface area contributed by atoms with Gasteiger partial charge in [-0.15, -0.1) is 0 Å². The molecule has 1 aliphatic heterocycles. The Hall–Kier alpha value is -1.45. The molecule has 2 rings (SSSR count). The molecule has 1 saturated heterocycles. The quantitative estimate of drug-likeness (QED) is 0.769. The first-order chi connectivity index (χ1) is 8.60. The van der Waals surface area contributed by atoms with Gasteiger partial charge >= 0.3 is 0 Å². The summed E-state index contributed by atoms with van der Waals surface area (Å²) < 4.78 is 0. The molecule has 0 radical (unpaired) electrons. The molecule has 0 N–H and O–H groups in total. The van der Waals surface area contributed by atoms with Gasteiger partial charge in [0.05, 0.1) is 0 Å². The van der Waals surface area contributed by atoms with Crippen molar-refractivity contribution in [3.63, 3.8) is 0 Å². The summed E-state index contributed by atoms with van der Waals surface area (Å²) in [5.74, 6) is 1.46. The van der Waals surface area contributed by atoms with Crippen molar-refractivity contribution in [3.8, 4) is 0 Å². The van der Waals surface area contributed by atoms with Crippen LogP contribution >= 0.6 is 0 Å². The number of carbonyl (C=O) groups excluding carboxylic acids is 1. The van der Waals surface area contributed by atoms with Gasteiger partial charge in [-0.3, -0.25) is 0 Å². The highest BCUT2D eigenvalue weighted by molar-refractivity contribution is 5.54. The highest BCUT2D eigenvalue weighted by Crippen LogP contribution is 2.21. The van der Waals surface area contributed by atoms with E-state index in [0.717, 1.165) is 49.6 Å². The first-order valence-corrected chi connectivity index (χ1v) is 6.66. The lowest BCUT2D eigenvalue weighted by Crippen LogP contribution is -2.35. The molecule has 4 heteroatoms. The second kappa shape index (κ2) is 5.46. The third kappa shape index (κ3) is 2.86. The van der Waals surface area contributed by atoms with Crippen LogP contribution in [0.25, 0.3) is 0 Å². The molecule has 1 aromatic heterocycles. The SMILES string of the molecule is Cc1cc(C(C)C)nc(N2CCC(C=O)CC2)n1. The van der Waals surface area contributed by atoms with Crippen LogP contribution in [0.5, 0.6) is 0 Å². The first kappa shape index (κ1) is 13.0. The zero-order chi connectivity index (χ0) is 13.1. The Labute approximate surface area is 108 Å². The van der Waals surface area contributed by atoms with Crippen LogP contribution in [0.1, 0.15) is 44.0 Å². The lowest BCUT2D eigenvalue weighted by molar-refractivity contribution is -0.111. The molecule has 0 aromatic carbocycles. The predicted octanol–water partition coefficient (Wildman–Crippen LogP) is 2.32. The van der Waals surface area contributed by atoms with Gasteiger partial charge in [0.25, 0.3) is 0 Å². The fourth-order valence-electron chi connectivity index (χ4n) is 2.25. The second-order valence-electron chi connectivity index (χ2n) is 5.35. The average Bonchev–Trinajstić information content (AvgIpc) is 2.38. The van der Waals surface area contributed by atoms with Crippen molar-refractivity contribution in [2.45, 2.75) is 39.5 Å². The van der Waals surface area contributed by atoms with Gasteiger partial charge in [0.1, 0.15) is 6.29 Å². The minimum absolute atomic E-state index is 0.218. The van der Waals surface area contributed by atoms with E-state index in [1.165, 1.54) is 0 Å². The maximum Gasteiger partial charge on any atom is 0.225 e. The van der Waals surface area contributed by atoms with Gasteiger partial charge in [-0.2, -0.15) is 0 Å². The second-order valence-corrected chi connectivity index (χ2v) is 5.35. The molecule has 0 amide bonds. The number of piperidine rings is 1. The van der Waals surface area contributed by atoms with E-state index < -0.39 is 0 Å². The van der Waals surface area contributed by atoms with Crippen molar-refractivity contribution in [3.05, 3.63) is 17.5 Å². The summed E-state index contributed by atoms with van der Waals surface area (Å²) >= 11 is 0. The highest BCUT2D eigenvalue weighted by Gasteiger charge is 2.21. The van der Waals surface area contributed by atoms with Gasteiger partial charge in [0.2, 0.25) is 5.95 Å². The van der Waals surface area contributed by atoms with Gasteiger partial charge in [0.15, 0.2) is 0 Å². The van der Waals surface area contributed by atoms with Crippen LogP contribution in [-0.4, -0.2) is 29.3 Å². The summed E-state index contributed by atoms with van der Waals surface area (Å²) in [6, 6.07) is 2.05. The summed E-state index contributed by atoms with van der Waals surface area (Å²) in [4.78, 5) is 22.1. The van der Waals surface area contributed by atoms with E-state index in [-0.39, 0.29) is 5.92 Å². The van der Waals surface area contributed by atoms with Crippen LogP contribution in [0.15, 0.2) is 6.07 Å². The smallest absolute Gasteiger partial charge is 0.225 e. The molecular weight excluding hydrogens is 226 g/mol. The Balaban J connectivity index is 2.16. The fraction of sp³-hybridized carbons (Fsp3) is 0.643. The van der Waals surface area contributed by atoms with Crippen molar-refractivity contribution >= 4 is 12.2 Å². The van der Waals surface area contributed by atoms with Crippen molar-refractivity contribution in [1.29, 1.82) is 0 Å². The zero-order valence-electron chi connectivity index (χ0n) is 11.4. The van der Waals surface area contributed by atoms with Crippen LogP contribution in [0.2, 0.25) is 0 Å². The van der Waals surface area contributed by atoms with Crippen LogP contribution in [0.4, 0.5) is 5.95 Å². The molecule has 0 unspecified atom stereocenters. The Morgan fingerprint density at radius 1 is 1.33 bits per heavy atom. The highest BCUT2D eigenvalue weighted by atomic mass is 16.1. The van der Waals surface area contributed by atoms with E-state index in [2.05, 4.69) is 28.7 Å². The van der Waals surface area contributed by atoms with Crippen LogP contribution in [-0.2, 0) is 4.79 Å². The molecule has 1 fully saturated rings. The average molecular weight is 247 g/mol. The molecule has 0 saturated carbocycles. The van der Waals surface area contributed by atoms with Gasteiger partial charge in [-0.25, -0.2) is 9.97 Å². The largest absolute Gasteiger partial charge is 0.341 e. The van der Waals surface area contributed by atoms with E-state index in [0.29, 0.717) is 5.92 Å². The van der Waals surface area contributed by atoms with Crippen molar-refractivity contribution in [2.75, 3.05) is 18.0 Å². The molecule has 98 valence electrons. The number of nitrogens with zero attached hydrogens (tertiary/aromatic N) is 3. The number of aryl methyl sites for hydroxylation is 1. The lowest BCUT2D eigenvalue weighted by Gasteiger charge is -2.30. The van der Waals surface area contributed by atoms with Gasteiger partial charge in [-0.05, 0) is 31.7 Å². The van der Waals surface area contributed by atoms with Gasteiger partial charge in [-0.1, -0.05) is 13.8 Å². The van der Waals surface area contributed by atoms with Crippen molar-refractivity contribution in [2.24, 2.45) is 5.92 Å². The maximum atomic E-state index is 10.8. The zero-order valence-corrected chi connectivity index (χ0v) is 11.4. The van der Waals surface area contributed by atoms with Crippen LogP contribution in [0, 0.1) is 12.8 Å². The Kier molecular flexibility index (Phi) is 3.94. The molecule has 2 heterocycles. The third-order valence-electron chi connectivity index (χ3n) is 3.47. The van der Waals surface area contributed by atoms with E-state index in [1.54, 1.807) is 0 Å². The monoisotopic (exact) mass is 247 g/mol. The number of aldehydes is 1. The van der Waals surface area contributed by atoms with Crippen LogP contribution in [0.3, 0.4) is 0 Å². The normalized spacial score (nSPS) is 17.2. The van der Waals surface area contributed by atoms with E-state index in [4.69, 9.17) is 0 Å². The summed E-state index contributed by atoms with van der Waals surface area (Å²) in [6.45, 7) is 8.05. The van der Waals surface area contributed by atoms with Gasteiger partial charge < -0.3 is 9.69 Å². The fourth-order valence-corrected chi connectivity index (χ4v) is 2.25. The molecular formula is C14H21N3O. The minimum Gasteiger partial charge on any atom is -0.341 e. The Morgan fingerprint density at radius 2 is 2.00 bits per heavy atom. The molecule has 0 spiro atoms. The van der Waals surface area contributed by atoms with E-state index in [1.807, 2.05) is 13.0 Å². The van der Waals surface area contributed by atoms with E-state index in [9.17, 15) is 4.79 Å². The molecule has 1 aromatic rings. The topological polar surface area (TPSA) is 46.1 Å². The number of hydrogen-bond acceptors (Lipinski definition) is 4. The maximum absolute atomic E-state index is 10.8. The summed E-state index contributed by atoms with van der Waals surface area (Å²) in [5.41, 5.74) is 2.11. The lowest BCUT2D eigenvalue weighted by atomic mass is 9.99. The minimum atomic E-state index is 0.218. The number of anilines is 1. The molecule has 0 bridgehead atoms. The molecule has 18 heavy (non-hydrogen) atoms. The van der Waals surface area contributed by atoms with Crippen molar-refractivity contribution < 1.29 is 4.79 Å².